The number of halogens is 1. The van der Waals surface area contributed by atoms with Crippen LogP contribution in [0.1, 0.15) is 59.1 Å². The molecule has 0 fully saturated rings. The van der Waals surface area contributed by atoms with Gasteiger partial charge in [0, 0.05) is 16.8 Å². The molecule has 1 unspecified atom stereocenters. The molecule has 1 aromatic heterocycles. The number of sulfonamides is 1. The smallest absolute Gasteiger partial charge is 0.255 e. The van der Waals surface area contributed by atoms with Crippen molar-refractivity contribution in [2.24, 2.45) is 15.4 Å². The number of aryl methyl sites for hydroxylation is 1. The highest BCUT2D eigenvalue weighted by molar-refractivity contribution is 7.92. The van der Waals surface area contributed by atoms with Crippen LogP contribution in [-0.2, 0) is 21.0 Å². The maximum atomic E-state index is 13.8. The SMILES string of the molecule is COc1c(NC(=O)c2ccc(C)c(C3(c4cnn(-c5ccc(F)cc5)c4C)C=NN=N3)c2)cc(C(C)(C)C)cc1NS(C)(=O)=O. The number of anilines is 2. The summed E-state index contributed by atoms with van der Waals surface area (Å²) in [5.41, 5.74) is 3.66. The summed E-state index contributed by atoms with van der Waals surface area (Å²) < 4.78 is 47.6. The molecule has 4 aromatic rings. The minimum absolute atomic E-state index is 0.172. The Morgan fingerprint density at radius 1 is 1.00 bits per heavy atom. The minimum Gasteiger partial charge on any atom is -0.492 e. The number of aromatic nitrogens is 2. The van der Waals surface area contributed by atoms with Crippen molar-refractivity contribution < 1.29 is 22.3 Å². The fraction of sp³-hybridized carbons (Fsp3) is 0.281. The number of amides is 1. The number of benzene rings is 3. The van der Waals surface area contributed by atoms with E-state index in [9.17, 15) is 17.6 Å². The van der Waals surface area contributed by atoms with Crippen LogP contribution in [0, 0.1) is 19.7 Å². The van der Waals surface area contributed by atoms with Gasteiger partial charge in [0.2, 0.25) is 10.0 Å². The molecule has 0 spiro atoms. The number of hydrogen-bond acceptors (Lipinski definition) is 8. The van der Waals surface area contributed by atoms with Gasteiger partial charge in [-0.2, -0.15) is 5.10 Å². The van der Waals surface area contributed by atoms with E-state index in [-0.39, 0.29) is 22.7 Å². The lowest BCUT2D eigenvalue weighted by Crippen LogP contribution is -2.28. The molecular weight excluding hydrogens is 597 g/mol. The van der Waals surface area contributed by atoms with Gasteiger partial charge in [0.05, 0.1) is 42.8 Å². The van der Waals surface area contributed by atoms with E-state index < -0.39 is 21.5 Å². The van der Waals surface area contributed by atoms with E-state index >= 15 is 0 Å². The summed E-state index contributed by atoms with van der Waals surface area (Å²) in [5.74, 6) is -0.633. The van der Waals surface area contributed by atoms with Crippen LogP contribution in [0.15, 0.2) is 76.2 Å². The molecule has 45 heavy (non-hydrogen) atoms. The number of ether oxygens (including phenoxy) is 1. The molecule has 1 aliphatic rings. The molecule has 2 heterocycles. The Labute approximate surface area is 261 Å². The first-order valence-electron chi connectivity index (χ1n) is 14.0. The Hall–Kier alpha value is -4.91. The van der Waals surface area contributed by atoms with Crippen LogP contribution >= 0.6 is 0 Å². The van der Waals surface area contributed by atoms with Crippen molar-refractivity contribution in [3.8, 4) is 11.4 Å². The monoisotopic (exact) mass is 631 g/mol. The fourth-order valence-electron chi connectivity index (χ4n) is 5.27. The summed E-state index contributed by atoms with van der Waals surface area (Å²) in [6.45, 7) is 9.72. The lowest BCUT2D eigenvalue weighted by atomic mass is 9.81. The second-order valence-electron chi connectivity index (χ2n) is 11.9. The molecule has 1 aliphatic heterocycles. The maximum absolute atomic E-state index is 13.8. The van der Waals surface area contributed by atoms with E-state index in [1.165, 1.54) is 19.2 Å². The second-order valence-corrected chi connectivity index (χ2v) is 13.7. The van der Waals surface area contributed by atoms with Crippen molar-refractivity contribution in [2.75, 3.05) is 23.4 Å². The Morgan fingerprint density at radius 2 is 1.69 bits per heavy atom. The normalized spacial score (nSPS) is 16.2. The molecule has 0 saturated heterocycles. The van der Waals surface area contributed by atoms with Crippen molar-refractivity contribution in [3.63, 3.8) is 0 Å². The average molecular weight is 632 g/mol. The predicted octanol–water partition coefficient (Wildman–Crippen LogP) is 6.25. The third kappa shape index (κ3) is 6.21. The van der Waals surface area contributed by atoms with Gasteiger partial charge >= 0.3 is 0 Å². The Kier molecular flexibility index (Phi) is 8.08. The molecule has 1 amide bonds. The van der Waals surface area contributed by atoms with Gasteiger partial charge in [-0.3, -0.25) is 9.52 Å². The Balaban J connectivity index is 1.57. The molecule has 13 heteroatoms. The molecule has 0 radical (unpaired) electrons. The first-order valence-corrected chi connectivity index (χ1v) is 15.9. The molecule has 0 saturated carbocycles. The minimum atomic E-state index is -3.64. The molecular formula is C32H34FN7O4S. The van der Waals surface area contributed by atoms with Gasteiger partial charge in [-0.25, -0.2) is 17.5 Å². The fourth-order valence-corrected chi connectivity index (χ4v) is 5.82. The standard InChI is InChI=1S/C32H34FN7O4S/c1-19-8-9-21(30(41)36-27-15-22(31(3,4)5)16-28(29(27)44-6)37-45(7,42)43)14-25(19)32(18-34-39-38-32)26-17-35-40(20(26)2)24-12-10-23(33)11-13-24/h8-18,37H,1-7H3,(H,36,41). The van der Waals surface area contributed by atoms with E-state index in [1.54, 1.807) is 53.5 Å². The highest BCUT2D eigenvalue weighted by atomic mass is 32.2. The van der Waals surface area contributed by atoms with E-state index in [0.29, 0.717) is 28.1 Å². The summed E-state index contributed by atoms with van der Waals surface area (Å²) >= 11 is 0. The maximum Gasteiger partial charge on any atom is 0.255 e. The van der Waals surface area contributed by atoms with Crippen molar-refractivity contribution in [3.05, 3.63) is 100 Å². The molecule has 3 aromatic carbocycles. The third-order valence-corrected chi connectivity index (χ3v) is 8.19. The summed E-state index contributed by atoms with van der Waals surface area (Å²) in [6.07, 6.45) is 4.32. The van der Waals surface area contributed by atoms with Crippen LogP contribution in [0.3, 0.4) is 0 Å². The van der Waals surface area contributed by atoms with Crippen LogP contribution in [-0.4, -0.2) is 43.7 Å². The largest absolute Gasteiger partial charge is 0.492 e. The summed E-state index contributed by atoms with van der Waals surface area (Å²) in [7, 11) is -2.24. The van der Waals surface area contributed by atoms with Crippen LogP contribution in [0.5, 0.6) is 5.75 Å². The van der Waals surface area contributed by atoms with Crippen molar-refractivity contribution in [1.82, 2.24) is 9.78 Å². The molecule has 5 rings (SSSR count). The quantitative estimate of drug-likeness (QED) is 0.237. The topological polar surface area (TPSA) is 139 Å². The molecule has 2 N–H and O–H groups in total. The molecule has 11 nitrogen and oxygen atoms in total. The zero-order valence-corrected chi connectivity index (χ0v) is 26.8. The number of hydrogen-bond donors (Lipinski definition) is 2. The van der Waals surface area contributed by atoms with E-state index in [4.69, 9.17) is 4.74 Å². The van der Waals surface area contributed by atoms with E-state index in [1.807, 2.05) is 40.7 Å². The lowest BCUT2D eigenvalue weighted by molar-refractivity contribution is 0.102. The molecule has 234 valence electrons. The van der Waals surface area contributed by atoms with Crippen LogP contribution in [0.2, 0.25) is 0 Å². The van der Waals surface area contributed by atoms with Gasteiger partial charge in [-0.15, -0.1) is 10.2 Å². The first-order chi connectivity index (χ1) is 21.1. The second kappa shape index (κ2) is 11.5. The van der Waals surface area contributed by atoms with Crippen LogP contribution in [0.25, 0.3) is 5.69 Å². The summed E-state index contributed by atoms with van der Waals surface area (Å²) in [4.78, 5) is 13.8. The van der Waals surface area contributed by atoms with Gasteiger partial charge in [0.25, 0.3) is 5.91 Å². The van der Waals surface area contributed by atoms with Gasteiger partial charge in [0.1, 0.15) is 5.82 Å². The number of rotatable bonds is 8. The zero-order chi connectivity index (χ0) is 32.7. The van der Waals surface area contributed by atoms with Crippen LogP contribution in [0.4, 0.5) is 15.8 Å². The van der Waals surface area contributed by atoms with Gasteiger partial charge in [-0.05, 0) is 89.7 Å². The highest BCUT2D eigenvalue weighted by Crippen LogP contribution is 2.41. The Morgan fingerprint density at radius 3 is 2.29 bits per heavy atom. The van der Waals surface area contributed by atoms with E-state index in [0.717, 1.165) is 23.1 Å². The zero-order valence-electron chi connectivity index (χ0n) is 26.0. The third-order valence-electron chi connectivity index (χ3n) is 7.60. The highest BCUT2D eigenvalue weighted by Gasteiger charge is 2.40. The van der Waals surface area contributed by atoms with E-state index in [2.05, 4.69) is 30.6 Å². The number of carbonyl (C=O) groups excluding carboxylic acids is 1. The predicted molar refractivity (Wildman–Crippen MR) is 172 cm³/mol. The summed E-state index contributed by atoms with van der Waals surface area (Å²) in [6, 6.07) is 14.7. The summed E-state index contributed by atoms with van der Waals surface area (Å²) in [5, 5.41) is 20.0. The first kappa shape index (κ1) is 31.5. The van der Waals surface area contributed by atoms with Crippen LogP contribution < -0.4 is 14.8 Å². The van der Waals surface area contributed by atoms with Gasteiger partial charge < -0.3 is 10.1 Å². The molecule has 0 aliphatic carbocycles. The number of carbonyl (C=O) groups is 1. The molecule has 0 bridgehead atoms. The van der Waals surface area contributed by atoms with Crippen molar-refractivity contribution in [1.29, 1.82) is 0 Å². The van der Waals surface area contributed by atoms with Crippen molar-refractivity contribution in [2.45, 2.75) is 45.6 Å². The average Bonchev–Trinajstić information content (AvgIpc) is 3.60. The lowest BCUT2D eigenvalue weighted by Gasteiger charge is -2.25. The van der Waals surface area contributed by atoms with Crippen molar-refractivity contribution >= 4 is 33.5 Å². The number of methoxy groups -OCH3 is 1. The Bertz CT molecular complexity index is 1950. The number of nitrogens with zero attached hydrogens (tertiary/aromatic N) is 5. The van der Waals surface area contributed by atoms with Gasteiger partial charge in [-0.1, -0.05) is 26.8 Å². The number of nitrogens with one attached hydrogen (secondary N) is 2. The molecule has 1 atom stereocenters. The van der Waals surface area contributed by atoms with Gasteiger partial charge in [0.15, 0.2) is 11.3 Å².